The topological polar surface area (TPSA) is 47.0 Å². The Morgan fingerprint density at radius 2 is 2.07 bits per heavy atom. The van der Waals surface area contributed by atoms with Crippen molar-refractivity contribution < 1.29 is 4.74 Å². The number of hydrogen-bond donors (Lipinski definition) is 1. The third-order valence-electron chi connectivity index (χ3n) is 1.98. The fourth-order valence-electron chi connectivity index (χ4n) is 1.25. The summed E-state index contributed by atoms with van der Waals surface area (Å²) < 4.78 is 5.26. The summed E-state index contributed by atoms with van der Waals surface area (Å²) in [5, 5.41) is 12.7. The Kier molecular flexibility index (Phi) is 2.82. The summed E-state index contributed by atoms with van der Waals surface area (Å²) >= 11 is 1.50. The first-order chi connectivity index (χ1) is 7.35. The van der Waals surface area contributed by atoms with Crippen LogP contribution in [0.1, 0.15) is 0 Å². The molecule has 0 amide bonds. The first-order valence-corrected chi connectivity index (χ1v) is 5.31. The second-order valence-corrected chi connectivity index (χ2v) is 3.84. The maximum Gasteiger partial charge on any atom is 0.205 e. The monoisotopic (exact) mass is 221 g/mol. The van der Waals surface area contributed by atoms with Gasteiger partial charge in [0.25, 0.3) is 0 Å². The van der Waals surface area contributed by atoms with Crippen LogP contribution < -0.4 is 10.1 Å². The van der Waals surface area contributed by atoms with Crippen molar-refractivity contribution in [3.8, 4) is 16.3 Å². The Labute approximate surface area is 91.9 Å². The lowest BCUT2D eigenvalue weighted by Gasteiger charge is -2.03. The molecule has 2 rings (SSSR count). The predicted octanol–water partition coefficient (Wildman–Crippen LogP) is 2.26. The number of anilines is 1. The molecule has 0 aliphatic carbocycles. The van der Waals surface area contributed by atoms with Crippen molar-refractivity contribution >= 4 is 16.5 Å². The van der Waals surface area contributed by atoms with E-state index in [1.165, 1.54) is 11.3 Å². The number of benzene rings is 1. The zero-order chi connectivity index (χ0) is 10.7. The van der Waals surface area contributed by atoms with Gasteiger partial charge in [0.15, 0.2) is 5.01 Å². The molecule has 0 fully saturated rings. The van der Waals surface area contributed by atoms with Crippen molar-refractivity contribution in [3.63, 3.8) is 0 Å². The summed E-state index contributed by atoms with van der Waals surface area (Å²) in [4.78, 5) is 0. The minimum absolute atomic E-state index is 0.802. The number of rotatable bonds is 3. The number of hydrogen-bond acceptors (Lipinski definition) is 5. The Balaban J connectivity index is 2.44. The third kappa shape index (κ3) is 1.92. The number of aromatic nitrogens is 2. The molecule has 4 nitrogen and oxygen atoms in total. The van der Waals surface area contributed by atoms with Crippen LogP contribution in [0.25, 0.3) is 10.6 Å². The summed E-state index contributed by atoms with van der Waals surface area (Å²) in [6, 6.07) is 7.77. The Hall–Kier alpha value is -1.62. The van der Waals surface area contributed by atoms with Crippen LogP contribution >= 0.6 is 11.3 Å². The van der Waals surface area contributed by atoms with Gasteiger partial charge in [-0.05, 0) is 12.1 Å². The predicted molar refractivity (Wildman–Crippen MR) is 61.4 cm³/mol. The van der Waals surface area contributed by atoms with Gasteiger partial charge in [-0.1, -0.05) is 23.5 Å². The van der Waals surface area contributed by atoms with Crippen molar-refractivity contribution in [2.24, 2.45) is 0 Å². The molecule has 1 N–H and O–H groups in total. The van der Waals surface area contributed by atoms with Gasteiger partial charge in [-0.3, -0.25) is 0 Å². The molecule has 0 spiro atoms. The van der Waals surface area contributed by atoms with Gasteiger partial charge >= 0.3 is 0 Å². The highest BCUT2D eigenvalue weighted by atomic mass is 32.1. The van der Waals surface area contributed by atoms with E-state index in [4.69, 9.17) is 4.74 Å². The summed E-state index contributed by atoms with van der Waals surface area (Å²) in [5.41, 5.74) is 0.971. The van der Waals surface area contributed by atoms with E-state index in [1.54, 1.807) is 7.11 Å². The average Bonchev–Trinajstić information content (AvgIpc) is 2.77. The zero-order valence-corrected chi connectivity index (χ0v) is 9.34. The van der Waals surface area contributed by atoms with Crippen molar-refractivity contribution in [2.75, 3.05) is 19.5 Å². The Morgan fingerprint density at radius 3 is 2.73 bits per heavy atom. The fraction of sp³-hybridized carbons (Fsp3) is 0.200. The highest BCUT2D eigenvalue weighted by molar-refractivity contribution is 7.18. The molecule has 0 atom stereocenters. The molecule has 1 heterocycles. The van der Waals surface area contributed by atoms with E-state index in [9.17, 15) is 0 Å². The van der Waals surface area contributed by atoms with Gasteiger partial charge in [0.05, 0.1) is 12.7 Å². The lowest BCUT2D eigenvalue weighted by molar-refractivity contribution is 0.416. The Morgan fingerprint density at radius 1 is 1.27 bits per heavy atom. The van der Waals surface area contributed by atoms with Crippen LogP contribution in [0, 0.1) is 0 Å². The summed E-state index contributed by atoms with van der Waals surface area (Å²) in [5.74, 6) is 0.816. The van der Waals surface area contributed by atoms with Crippen LogP contribution in [0.2, 0.25) is 0 Å². The van der Waals surface area contributed by atoms with Gasteiger partial charge in [0.2, 0.25) is 5.13 Å². The smallest absolute Gasteiger partial charge is 0.205 e. The normalized spacial score (nSPS) is 10.0. The number of ether oxygens (including phenoxy) is 1. The van der Waals surface area contributed by atoms with E-state index < -0.39 is 0 Å². The molecule has 1 aromatic carbocycles. The standard InChI is InChI=1S/C10H11N3OS/c1-11-10-13-12-9(15-10)7-5-3-4-6-8(7)14-2/h3-6H,1-2H3,(H,11,13). The summed E-state index contributed by atoms with van der Waals surface area (Å²) in [7, 11) is 3.48. The molecule has 0 saturated heterocycles. The lowest BCUT2D eigenvalue weighted by atomic mass is 10.2. The maximum atomic E-state index is 5.26. The number of nitrogens with zero attached hydrogens (tertiary/aromatic N) is 2. The number of nitrogens with one attached hydrogen (secondary N) is 1. The number of methoxy groups -OCH3 is 1. The second kappa shape index (κ2) is 4.27. The first kappa shape index (κ1) is 9.92. The quantitative estimate of drug-likeness (QED) is 0.863. The van der Waals surface area contributed by atoms with Gasteiger partial charge < -0.3 is 10.1 Å². The van der Waals surface area contributed by atoms with Crippen LogP contribution in [0.15, 0.2) is 24.3 Å². The van der Waals surface area contributed by atoms with Crippen molar-refractivity contribution in [2.45, 2.75) is 0 Å². The van der Waals surface area contributed by atoms with E-state index >= 15 is 0 Å². The molecular weight excluding hydrogens is 210 g/mol. The van der Waals surface area contributed by atoms with Crippen molar-refractivity contribution in [1.29, 1.82) is 0 Å². The van der Waals surface area contributed by atoms with Gasteiger partial charge in [-0.15, -0.1) is 10.2 Å². The van der Waals surface area contributed by atoms with Crippen molar-refractivity contribution in [3.05, 3.63) is 24.3 Å². The molecule has 0 aliphatic rings. The number of para-hydroxylation sites is 1. The maximum absolute atomic E-state index is 5.26. The molecule has 78 valence electrons. The van der Waals surface area contributed by atoms with Gasteiger partial charge in [0, 0.05) is 7.05 Å². The van der Waals surface area contributed by atoms with Gasteiger partial charge in [-0.25, -0.2) is 0 Å². The molecule has 0 aliphatic heterocycles. The fourth-order valence-corrected chi connectivity index (χ4v) is 1.98. The summed E-state index contributed by atoms with van der Waals surface area (Å²) in [6.45, 7) is 0. The van der Waals surface area contributed by atoms with E-state index in [0.717, 1.165) is 21.5 Å². The zero-order valence-electron chi connectivity index (χ0n) is 8.52. The van der Waals surface area contributed by atoms with Crippen LogP contribution in [-0.4, -0.2) is 24.4 Å². The van der Waals surface area contributed by atoms with Crippen molar-refractivity contribution in [1.82, 2.24) is 10.2 Å². The van der Waals surface area contributed by atoms with Gasteiger partial charge in [0.1, 0.15) is 5.75 Å². The van der Waals surface area contributed by atoms with E-state index in [1.807, 2.05) is 31.3 Å². The first-order valence-electron chi connectivity index (χ1n) is 4.50. The molecule has 0 unspecified atom stereocenters. The molecule has 15 heavy (non-hydrogen) atoms. The molecule has 0 bridgehead atoms. The average molecular weight is 221 g/mol. The molecule has 0 radical (unpaired) electrons. The van der Waals surface area contributed by atoms with Crippen LogP contribution in [0.4, 0.5) is 5.13 Å². The molecule has 5 heteroatoms. The second-order valence-electron chi connectivity index (χ2n) is 2.86. The van der Waals surface area contributed by atoms with E-state index in [-0.39, 0.29) is 0 Å². The lowest BCUT2D eigenvalue weighted by Crippen LogP contribution is -1.86. The van der Waals surface area contributed by atoms with E-state index in [0.29, 0.717) is 0 Å². The molecule has 2 aromatic rings. The van der Waals surface area contributed by atoms with Crippen LogP contribution in [0.5, 0.6) is 5.75 Å². The highest BCUT2D eigenvalue weighted by Crippen LogP contribution is 2.32. The van der Waals surface area contributed by atoms with E-state index in [2.05, 4.69) is 15.5 Å². The minimum atomic E-state index is 0.802. The third-order valence-corrected chi connectivity index (χ3v) is 2.95. The Bertz CT molecular complexity index is 455. The summed E-state index contributed by atoms with van der Waals surface area (Å²) in [6.07, 6.45) is 0. The van der Waals surface area contributed by atoms with Gasteiger partial charge in [-0.2, -0.15) is 0 Å². The molecule has 1 aromatic heterocycles. The molecule has 0 saturated carbocycles. The molecular formula is C10H11N3OS. The minimum Gasteiger partial charge on any atom is -0.496 e. The van der Waals surface area contributed by atoms with Crippen LogP contribution in [0.3, 0.4) is 0 Å². The largest absolute Gasteiger partial charge is 0.496 e. The highest BCUT2D eigenvalue weighted by Gasteiger charge is 2.09. The van der Waals surface area contributed by atoms with Crippen LogP contribution in [-0.2, 0) is 0 Å². The SMILES string of the molecule is CNc1nnc(-c2ccccc2OC)s1.